The second-order valence-electron chi connectivity index (χ2n) is 6.71. The Morgan fingerprint density at radius 2 is 2.15 bits per heavy atom. The van der Waals surface area contributed by atoms with Crippen molar-refractivity contribution in [1.82, 2.24) is 25.0 Å². The number of nitrogens with zero attached hydrogens (tertiary/aromatic N) is 5. The van der Waals surface area contributed by atoms with Gasteiger partial charge in [-0.25, -0.2) is 0 Å². The van der Waals surface area contributed by atoms with Crippen molar-refractivity contribution in [3.8, 4) is 0 Å². The lowest BCUT2D eigenvalue weighted by molar-refractivity contribution is 0.376. The fraction of sp³-hybridized carbons (Fsp3) is 0.550. The van der Waals surface area contributed by atoms with E-state index in [1.165, 1.54) is 11.1 Å². The molecule has 1 aromatic heterocycles. The van der Waals surface area contributed by atoms with E-state index < -0.39 is 0 Å². The summed E-state index contributed by atoms with van der Waals surface area (Å²) >= 11 is 1.88. The molecule has 1 aliphatic heterocycles. The molecule has 0 fully saturated rings. The minimum atomic E-state index is 0.824. The molecule has 0 atom stereocenters. The van der Waals surface area contributed by atoms with Gasteiger partial charge in [-0.05, 0) is 36.0 Å². The smallest absolute Gasteiger partial charge is 0.194 e. The van der Waals surface area contributed by atoms with Crippen molar-refractivity contribution < 1.29 is 0 Å². The van der Waals surface area contributed by atoms with Gasteiger partial charge in [-0.3, -0.25) is 4.99 Å². The van der Waals surface area contributed by atoms with Crippen molar-refractivity contribution in [3.05, 3.63) is 47.5 Å². The first-order valence-electron chi connectivity index (χ1n) is 9.77. The monoisotopic (exact) mass is 386 g/mol. The van der Waals surface area contributed by atoms with Crippen LogP contribution in [0.25, 0.3) is 0 Å². The Bertz CT molecular complexity index is 742. The summed E-state index contributed by atoms with van der Waals surface area (Å²) < 4.78 is 2.11. The maximum Gasteiger partial charge on any atom is 0.194 e. The van der Waals surface area contributed by atoms with Gasteiger partial charge in [-0.1, -0.05) is 31.2 Å². The highest BCUT2D eigenvalue weighted by Gasteiger charge is 2.18. The molecular formula is C20H30N6S. The van der Waals surface area contributed by atoms with Crippen molar-refractivity contribution >= 4 is 17.7 Å². The lowest BCUT2D eigenvalue weighted by Crippen LogP contribution is -2.45. The first-order chi connectivity index (χ1) is 13.3. The van der Waals surface area contributed by atoms with Gasteiger partial charge in [0.1, 0.15) is 12.2 Å². The molecule has 27 heavy (non-hydrogen) atoms. The molecule has 0 radical (unpaired) electrons. The largest absolute Gasteiger partial charge is 0.354 e. The summed E-state index contributed by atoms with van der Waals surface area (Å²) in [5, 5.41) is 11.8. The van der Waals surface area contributed by atoms with E-state index in [1.54, 1.807) is 0 Å². The van der Waals surface area contributed by atoms with Gasteiger partial charge in [-0.15, -0.1) is 10.2 Å². The molecule has 1 aromatic carbocycles. The summed E-state index contributed by atoms with van der Waals surface area (Å²) in [6.07, 6.45) is 7.05. The average Bonchev–Trinajstić information content (AvgIpc) is 3.17. The van der Waals surface area contributed by atoms with E-state index in [9.17, 15) is 0 Å². The van der Waals surface area contributed by atoms with Crippen LogP contribution in [0.3, 0.4) is 0 Å². The number of benzene rings is 1. The summed E-state index contributed by atoms with van der Waals surface area (Å²) in [6, 6.07) is 8.74. The van der Waals surface area contributed by atoms with Crippen LogP contribution < -0.4 is 5.32 Å². The second-order valence-corrected chi connectivity index (χ2v) is 7.70. The van der Waals surface area contributed by atoms with Crippen LogP contribution in [0.5, 0.6) is 0 Å². The van der Waals surface area contributed by atoms with Crippen molar-refractivity contribution in [3.63, 3.8) is 0 Å². The molecule has 0 spiro atoms. The molecule has 0 bridgehead atoms. The van der Waals surface area contributed by atoms with Crippen LogP contribution in [0, 0.1) is 0 Å². The zero-order valence-electron chi connectivity index (χ0n) is 16.4. The molecule has 2 heterocycles. The first kappa shape index (κ1) is 19.7. The Kier molecular flexibility index (Phi) is 7.56. The van der Waals surface area contributed by atoms with Crippen molar-refractivity contribution in [2.45, 2.75) is 39.3 Å². The molecule has 2 aromatic rings. The molecule has 0 unspecified atom stereocenters. The molecule has 1 N–H and O–H groups in total. The summed E-state index contributed by atoms with van der Waals surface area (Å²) in [5.41, 5.74) is 2.88. The molecule has 0 saturated carbocycles. The van der Waals surface area contributed by atoms with Gasteiger partial charge < -0.3 is 14.8 Å². The molecule has 0 aliphatic carbocycles. The molecule has 7 heteroatoms. The first-order valence-corrected chi connectivity index (χ1v) is 11.2. The molecule has 1 aliphatic rings. The van der Waals surface area contributed by atoms with Gasteiger partial charge in [0.2, 0.25) is 0 Å². The number of aromatic nitrogens is 3. The predicted molar refractivity (Wildman–Crippen MR) is 113 cm³/mol. The lowest BCUT2D eigenvalue weighted by Gasteiger charge is -2.32. The zero-order chi connectivity index (χ0) is 18.9. The van der Waals surface area contributed by atoms with Gasteiger partial charge in [0.15, 0.2) is 5.96 Å². The van der Waals surface area contributed by atoms with E-state index in [0.717, 1.165) is 69.5 Å². The highest BCUT2D eigenvalue weighted by atomic mass is 32.2. The third-order valence-electron chi connectivity index (χ3n) is 4.85. The molecule has 0 amide bonds. The maximum atomic E-state index is 4.90. The summed E-state index contributed by atoms with van der Waals surface area (Å²) in [7, 11) is 0. The normalized spacial score (nSPS) is 14.3. The summed E-state index contributed by atoms with van der Waals surface area (Å²) in [4.78, 5) is 7.28. The van der Waals surface area contributed by atoms with E-state index in [-0.39, 0.29) is 0 Å². The van der Waals surface area contributed by atoms with E-state index in [1.807, 2.05) is 18.1 Å². The second kappa shape index (κ2) is 10.3. The van der Waals surface area contributed by atoms with Gasteiger partial charge >= 0.3 is 0 Å². The number of guanidine groups is 1. The number of rotatable bonds is 8. The SMILES string of the molecule is CCc1nncn1CCNC(=NCCCSC)N1CCc2ccccc2C1. The van der Waals surface area contributed by atoms with Gasteiger partial charge in [-0.2, -0.15) is 11.8 Å². The number of hydrogen-bond donors (Lipinski definition) is 1. The minimum Gasteiger partial charge on any atom is -0.354 e. The predicted octanol–water partition coefficient (Wildman–Crippen LogP) is 2.60. The third-order valence-corrected chi connectivity index (χ3v) is 5.54. The fourth-order valence-electron chi connectivity index (χ4n) is 3.37. The molecule has 0 saturated heterocycles. The number of nitrogens with one attached hydrogen (secondary N) is 1. The van der Waals surface area contributed by atoms with E-state index in [4.69, 9.17) is 4.99 Å². The Morgan fingerprint density at radius 1 is 1.30 bits per heavy atom. The number of aryl methyl sites for hydroxylation is 1. The summed E-state index contributed by atoms with van der Waals surface area (Å²) in [5.74, 6) is 3.21. The fourth-order valence-corrected chi connectivity index (χ4v) is 3.78. The quantitative estimate of drug-likeness (QED) is 0.429. The van der Waals surface area contributed by atoms with Gasteiger partial charge in [0, 0.05) is 39.1 Å². The van der Waals surface area contributed by atoms with Gasteiger partial charge in [0.25, 0.3) is 0 Å². The topological polar surface area (TPSA) is 58.3 Å². The Labute approximate surface area is 166 Å². The van der Waals surface area contributed by atoms with Gasteiger partial charge in [0.05, 0.1) is 0 Å². The number of aliphatic imine (C=N–C) groups is 1. The van der Waals surface area contributed by atoms with Crippen LogP contribution >= 0.6 is 11.8 Å². The Hall–Kier alpha value is -2.02. The molecular weight excluding hydrogens is 356 g/mol. The molecule has 3 rings (SSSR count). The third kappa shape index (κ3) is 5.48. The standard InChI is InChI=1S/C20H30N6S/c1-3-19-24-23-16-26(19)13-11-22-20(21-10-6-14-27-2)25-12-9-17-7-4-5-8-18(17)15-25/h4-5,7-8,16H,3,6,9-15H2,1-2H3,(H,21,22). The van der Waals surface area contributed by atoms with Crippen LogP contribution in [0.15, 0.2) is 35.6 Å². The average molecular weight is 387 g/mol. The molecule has 146 valence electrons. The van der Waals surface area contributed by atoms with E-state index >= 15 is 0 Å². The molecule has 6 nitrogen and oxygen atoms in total. The number of fused-ring (bicyclic) bond motifs is 1. The number of thioether (sulfide) groups is 1. The Morgan fingerprint density at radius 3 is 2.96 bits per heavy atom. The zero-order valence-corrected chi connectivity index (χ0v) is 17.2. The van der Waals surface area contributed by atoms with Crippen molar-refractivity contribution in [2.24, 2.45) is 4.99 Å². The van der Waals surface area contributed by atoms with Crippen LogP contribution in [0.4, 0.5) is 0 Å². The number of hydrogen-bond acceptors (Lipinski definition) is 4. The van der Waals surface area contributed by atoms with E-state index in [2.05, 4.69) is 62.4 Å². The summed E-state index contributed by atoms with van der Waals surface area (Å²) in [6.45, 7) is 6.59. The minimum absolute atomic E-state index is 0.824. The van der Waals surface area contributed by atoms with Crippen molar-refractivity contribution in [1.29, 1.82) is 0 Å². The van der Waals surface area contributed by atoms with Crippen LogP contribution in [0.2, 0.25) is 0 Å². The Balaban J connectivity index is 1.62. The van der Waals surface area contributed by atoms with Crippen molar-refractivity contribution in [2.75, 3.05) is 31.6 Å². The van der Waals surface area contributed by atoms with Crippen LogP contribution in [0.1, 0.15) is 30.3 Å². The maximum absolute atomic E-state index is 4.90. The highest BCUT2D eigenvalue weighted by molar-refractivity contribution is 7.98. The lowest BCUT2D eigenvalue weighted by atomic mass is 10.0. The van der Waals surface area contributed by atoms with Crippen LogP contribution in [-0.4, -0.2) is 57.3 Å². The van der Waals surface area contributed by atoms with E-state index in [0.29, 0.717) is 0 Å². The highest BCUT2D eigenvalue weighted by Crippen LogP contribution is 2.18. The van der Waals surface area contributed by atoms with Crippen LogP contribution in [-0.2, 0) is 25.9 Å².